The molecule has 0 heterocycles. The number of nitrogens with one attached hydrogen (secondary N) is 1. The third kappa shape index (κ3) is 6.62. The van der Waals surface area contributed by atoms with Gasteiger partial charge in [-0.1, -0.05) is 36.4 Å². The number of benzene rings is 2. The van der Waals surface area contributed by atoms with E-state index in [1.54, 1.807) is 54.6 Å². The number of allylic oxidation sites excluding steroid dienone is 1. The molecule has 9 heteroatoms. The van der Waals surface area contributed by atoms with E-state index in [0.717, 1.165) is 6.92 Å². The smallest absolute Gasteiger partial charge is 0.364 e. The van der Waals surface area contributed by atoms with Gasteiger partial charge in [-0.3, -0.25) is 9.80 Å². The monoisotopic (exact) mass is 439 g/mol. The Morgan fingerprint density at radius 1 is 1.30 bits per heavy atom. The minimum atomic E-state index is -4.44. The molecule has 0 bridgehead atoms. The van der Waals surface area contributed by atoms with E-state index in [2.05, 4.69) is 11.9 Å². The number of halogens is 4. The number of amides is 1. The molecule has 3 N–H and O–H groups in total. The van der Waals surface area contributed by atoms with Gasteiger partial charge in [0.25, 0.3) is 0 Å². The van der Waals surface area contributed by atoms with Gasteiger partial charge in [0.1, 0.15) is 0 Å². The number of hydrogen-bond acceptors (Lipinski definition) is 4. The Labute approximate surface area is 177 Å². The van der Waals surface area contributed by atoms with Gasteiger partial charge in [-0.05, 0) is 48.9 Å². The number of hydrazine groups is 1. The van der Waals surface area contributed by atoms with Crippen LogP contribution in [0.5, 0.6) is 0 Å². The summed E-state index contributed by atoms with van der Waals surface area (Å²) < 4.78 is 43.0. The summed E-state index contributed by atoms with van der Waals surface area (Å²) in [6.07, 6.45) is -4.32. The van der Waals surface area contributed by atoms with Crippen LogP contribution in [0.15, 0.2) is 66.9 Å². The average Bonchev–Trinajstić information content (AvgIpc) is 2.70. The lowest BCUT2D eigenvalue weighted by atomic mass is 10.1. The Morgan fingerprint density at radius 2 is 1.97 bits per heavy atom. The van der Waals surface area contributed by atoms with Crippen LogP contribution < -0.4 is 16.2 Å². The minimum Gasteiger partial charge on any atom is -0.364 e. The molecule has 0 aliphatic heterocycles. The van der Waals surface area contributed by atoms with Crippen molar-refractivity contribution in [2.75, 3.05) is 5.01 Å². The van der Waals surface area contributed by atoms with E-state index in [1.165, 1.54) is 5.01 Å². The molecule has 0 radical (unpaired) electrons. The average molecular weight is 440 g/mol. The molecule has 5 nitrogen and oxygen atoms in total. The zero-order valence-electron chi connectivity index (χ0n) is 16.1. The first kappa shape index (κ1) is 23.5. The molecule has 0 unspecified atom stereocenters. The number of carbonyl (C=O) groups excluding carboxylic acids is 1. The minimum absolute atomic E-state index is 0.235. The summed E-state index contributed by atoms with van der Waals surface area (Å²) >= 11 is 5.92. The van der Waals surface area contributed by atoms with Gasteiger partial charge in [-0.15, -0.1) is 0 Å². The van der Waals surface area contributed by atoms with E-state index in [4.69, 9.17) is 22.2 Å². The number of carbonyl (C=O) groups is 1. The molecule has 0 aromatic heterocycles. The van der Waals surface area contributed by atoms with Gasteiger partial charge in [0.2, 0.25) is 6.41 Å². The summed E-state index contributed by atoms with van der Waals surface area (Å²) in [5.41, 5.74) is 2.42. The standard InChI is InChI=1S/C21H21ClF3N3O2/c1-14(27-13-29)10-20(28(26)19-8-6-18(22)7-9-19)17-5-3-4-16(11-17)12-30-15(2)21(23,24)25/h3-11,13,15H,1,12,26H2,2H3,(H,27,29)/b20-10-/t15-/m1/s1. The predicted molar refractivity (Wildman–Crippen MR) is 111 cm³/mol. The van der Waals surface area contributed by atoms with Gasteiger partial charge in [0.05, 0.1) is 18.0 Å². The Balaban J connectivity index is 2.35. The van der Waals surface area contributed by atoms with Gasteiger partial charge in [-0.2, -0.15) is 13.2 Å². The quantitative estimate of drug-likeness (QED) is 0.255. The van der Waals surface area contributed by atoms with Gasteiger partial charge in [0.15, 0.2) is 6.10 Å². The van der Waals surface area contributed by atoms with E-state index >= 15 is 0 Å². The van der Waals surface area contributed by atoms with Crippen molar-refractivity contribution in [3.05, 3.63) is 83.0 Å². The first-order valence-electron chi connectivity index (χ1n) is 8.80. The molecule has 0 aliphatic carbocycles. The van der Waals surface area contributed by atoms with Gasteiger partial charge < -0.3 is 10.1 Å². The second-order valence-corrected chi connectivity index (χ2v) is 6.80. The molecular weight excluding hydrogens is 419 g/mol. The maximum atomic E-state index is 12.7. The molecule has 1 atom stereocenters. The lowest BCUT2D eigenvalue weighted by Crippen LogP contribution is -2.30. The molecule has 0 spiro atoms. The number of rotatable bonds is 9. The van der Waals surface area contributed by atoms with Crippen LogP contribution in [0, 0.1) is 0 Å². The molecule has 2 aromatic carbocycles. The number of nitrogens with two attached hydrogens (primary N) is 1. The summed E-state index contributed by atoms with van der Waals surface area (Å²) in [4.78, 5) is 10.7. The maximum absolute atomic E-state index is 12.7. The Hall–Kier alpha value is -2.81. The number of hydrogen-bond donors (Lipinski definition) is 2. The third-order valence-corrected chi connectivity index (χ3v) is 4.36. The highest BCUT2D eigenvalue weighted by atomic mass is 35.5. The van der Waals surface area contributed by atoms with E-state index in [1.807, 2.05) is 0 Å². The van der Waals surface area contributed by atoms with Crippen LogP contribution in [-0.4, -0.2) is 18.7 Å². The summed E-state index contributed by atoms with van der Waals surface area (Å²) in [5, 5.41) is 4.31. The fourth-order valence-electron chi connectivity index (χ4n) is 2.45. The van der Waals surface area contributed by atoms with Gasteiger partial charge in [-0.25, -0.2) is 5.84 Å². The molecule has 0 aliphatic rings. The van der Waals surface area contributed by atoms with Crippen molar-refractivity contribution < 1.29 is 22.7 Å². The number of anilines is 1. The summed E-state index contributed by atoms with van der Waals surface area (Å²) in [6.45, 7) is 4.45. The number of alkyl halides is 3. The Kier molecular flexibility index (Phi) is 8.05. The SMILES string of the molecule is C=C(/C=C(/c1cccc(CO[C@H](C)C(F)(F)F)c1)N(N)c1ccc(Cl)cc1)NC=O. The van der Waals surface area contributed by atoms with Crippen LogP contribution in [0.2, 0.25) is 5.02 Å². The summed E-state index contributed by atoms with van der Waals surface area (Å²) in [5.74, 6) is 6.28. The van der Waals surface area contributed by atoms with Crippen LogP contribution in [0.1, 0.15) is 18.1 Å². The molecule has 160 valence electrons. The fourth-order valence-corrected chi connectivity index (χ4v) is 2.58. The second-order valence-electron chi connectivity index (χ2n) is 6.36. The van der Waals surface area contributed by atoms with Gasteiger partial charge >= 0.3 is 6.18 Å². The maximum Gasteiger partial charge on any atom is 0.414 e. The van der Waals surface area contributed by atoms with Crippen LogP contribution in [0.25, 0.3) is 5.70 Å². The second kappa shape index (κ2) is 10.3. The highest BCUT2D eigenvalue weighted by Gasteiger charge is 2.36. The van der Waals surface area contributed by atoms with E-state index in [0.29, 0.717) is 33.9 Å². The van der Waals surface area contributed by atoms with Crippen molar-refractivity contribution in [1.82, 2.24) is 5.32 Å². The molecular formula is C21H21ClF3N3O2. The highest BCUT2D eigenvalue weighted by molar-refractivity contribution is 6.30. The lowest BCUT2D eigenvalue weighted by Gasteiger charge is -2.23. The zero-order chi connectivity index (χ0) is 22.3. The molecule has 2 aromatic rings. The highest BCUT2D eigenvalue weighted by Crippen LogP contribution is 2.27. The third-order valence-electron chi connectivity index (χ3n) is 4.10. The summed E-state index contributed by atoms with van der Waals surface area (Å²) in [6, 6.07) is 13.4. The summed E-state index contributed by atoms with van der Waals surface area (Å²) in [7, 11) is 0. The van der Waals surface area contributed by atoms with Crippen LogP contribution in [0.4, 0.5) is 18.9 Å². The van der Waals surface area contributed by atoms with E-state index in [-0.39, 0.29) is 12.3 Å². The predicted octanol–water partition coefficient (Wildman–Crippen LogP) is 4.79. The van der Waals surface area contributed by atoms with Crippen molar-refractivity contribution in [3.8, 4) is 0 Å². The fraction of sp³-hybridized carbons (Fsp3) is 0.190. The van der Waals surface area contributed by atoms with Crippen molar-refractivity contribution in [3.63, 3.8) is 0 Å². The van der Waals surface area contributed by atoms with Crippen molar-refractivity contribution >= 4 is 29.4 Å². The first-order chi connectivity index (χ1) is 14.1. The topological polar surface area (TPSA) is 67.6 Å². The molecule has 1 amide bonds. The number of ether oxygens (including phenoxy) is 1. The van der Waals surface area contributed by atoms with E-state index < -0.39 is 12.3 Å². The van der Waals surface area contributed by atoms with Crippen LogP contribution in [0.3, 0.4) is 0 Å². The zero-order valence-corrected chi connectivity index (χ0v) is 16.9. The lowest BCUT2D eigenvalue weighted by molar-refractivity contribution is -0.217. The van der Waals surface area contributed by atoms with Gasteiger partial charge in [0, 0.05) is 16.3 Å². The molecule has 2 rings (SSSR count). The Morgan fingerprint density at radius 3 is 2.57 bits per heavy atom. The van der Waals surface area contributed by atoms with E-state index in [9.17, 15) is 18.0 Å². The number of nitrogens with zero attached hydrogens (tertiary/aromatic N) is 1. The van der Waals surface area contributed by atoms with Crippen molar-refractivity contribution in [2.24, 2.45) is 5.84 Å². The Bertz CT molecular complexity index is 914. The largest absolute Gasteiger partial charge is 0.414 e. The van der Waals surface area contributed by atoms with Crippen molar-refractivity contribution in [1.29, 1.82) is 0 Å². The van der Waals surface area contributed by atoms with Crippen LogP contribution >= 0.6 is 11.6 Å². The molecule has 30 heavy (non-hydrogen) atoms. The first-order valence-corrected chi connectivity index (χ1v) is 9.18. The normalized spacial score (nSPS) is 12.9. The van der Waals surface area contributed by atoms with Crippen LogP contribution in [-0.2, 0) is 16.1 Å². The van der Waals surface area contributed by atoms with Crippen molar-refractivity contribution in [2.45, 2.75) is 25.8 Å². The molecule has 0 saturated heterocycles. The molecule has 0 fully saturated rings. The molecule has 0 saturated carbocycles.